The van der Waals surface area contributed by atoms with Gasteiger partial charge in [-0.25, -0.2) is 14.4 Å². The molecule has 0 bridgehead atoms. The minimum absolute atomic E-state index is 0.138. The molecule has 0 fully saturated rings. The fraction of sp³-hybridized carbons (Fsp3) is 0. The van der Waals surface area contributed by atoms with Gasteiger partial charge in [0, 0.05) is 5.69 Å². The summed E-state index contributed by atoms with van der Waals surface area (Å²) in [4.78, 5) is 19.2. The van der Waals surface area contributed by atoms with Crippen LogP contribution in [0.25, 0.3) is 0 Å². The van der Waals surface area contributed by atoms with Crippen molar-refractivity contribution < 1.29 is 9.18 Å². The van der Waals surface area contributed by atoms with E-state index in [0.717, 1.165) is 0 Å². The molecule has 1 aromatic heterocycles. The predicted molar refractivity (Wildman–Crippen MR) is 61.4 cm³/mol. The van der Waals surface area contributed by atoms with Gasteiger partial charge in [0.1, 0.15) is 16.7 Å². The number of carbonyl (C=O) groups excluding carboxylic acids is 1. The Morgan fingerprint density at radius 1 is 1.18 bits per heavy atom. The molecule has 0 saturated heterocycles. The normalized spacial score (nSPS) is 10.0. The largest absolute Gasteiger partial charge is 0.321 e. The maximum atomic E-state index is 12.6. The highest BCUT2D eigenvalue weighted by molar-refractivity contribution is 6.29. The Hall–Kier alpha value is -2.01. The van der Waals surface area contributed by atoms with E-state index in [-0.39, 0.29) is 16.7 Å². The van der Waals surface area contributed by atoms with E-state index in [0.29, 0.717) is 5.69 Å². The van der Waals surface area contributed by atoms with Crippen LogP contribution in [-0.4, -0.2) is 15.9 Å². The lowest BCUT2D eigenvalue weighted by Gasteiger charge is -2.03. The number of benzene rings is 1. The van der Waals surface area contributed by atoms with E-state index >= 15 is 0 Å². The predicted octanol–water partition coefficient (Wildman–Crippen LogP) is 2.52. The van der Waals surface area contributed by atoms with Crippen molar-refractivity contribution in [2.45, 2.75) is 0 Å². The fourth-order valence-corrected chi connectivity index (χ4v) is 1.26. The first kappa shape index (κ1) is 11.5. The third-order valence-corrected chi connectivity index (χ3v) is 2.15. The number of rotatable bonds is 2. The van der Waals surface area contributed by atoms with Gasteiger partial charge in [-0.15, -0.1) is 0 Å². The van der Waals surface area contributed by atoms with Crippen LogP contribution < -0.4 is 5.32 Å². The number of hydrogen-bond donors (Lipinski definition) is 1. The summed E-state index contributed by atoms with van der Waals surface area (Å²) in [5.41, 5.74) is 0.617. The van der Waals surface area contributed by atoms with Gasteiger partial charge in [0.25, 0.3) is 5.91 Å². The first-order valence-corrected chi connectivity index (χ1v) is 5.07. The lowest BCUT2D eigenvalue weighted by molar-refractivity contribution is 0.102. The van der Waals surface area contributed by atoms with Crippen LogP contribution in [0.2, 0.25) is 5.15 Å². The number of nitrogens with zero attached hydrogens (tertiary/aromatic N) is 2. The maximum Gasteiger partial charge on any atom is 0.275 e. The molecule has 0 aliphatic heterocycles. The standard InChI is InChI=1S/C11H7ClFN3O/c12-10-6-14-9(5-15-10)11(17)16-8-3-1-7(13)2-4-8/h1-6H,(H,16,17). The highest BCUT2D eigenvalue weighted by atomic mass is 35.5. The Morgan fingerprint density at radius 2 is 1.88 bits per heavy atom. The molecule has 1 aromatic carbocycles. The Kier molecular flexibility index (Phi) is 3.30. The van der Waals surface area contributed by atoms with Crippen molar-refractivity contribution in [1.29, 1.82) is 0 Å². The number of hydrogen-bond acceptors (Lipinski definition) is 3. The minimum Gasteiger partial charge on any atom is -0.321 e. The molecule has 0 radical (unpaired) electrons. The zero-order chi connectivity index (χ0) is 12.3. The van der Waals surface area contributed by atoms with E-state index in [1.807, 2.05) is 0 Å². The van der Waals surface area contributed by atoms with E-state index in [4.69, 9.17) is 11.6 Å². The second kappa shape index (κ2) is 4.88. The number of aromatic nitrogens is 2. The molecule has 0 aliphatic rings. The zero-order valence-electron chi connectivity index (χ0n) is 8.52. The van der Waals surface area contributed by atoms with Gasteiger partial charge in [-0.3, -0.25) is 4.79 Å². The lowest BCUT2D eigenvalue weighted by Crippen LogP contribution is -2.13. The van der Waals surface area contributed by atoms with Crippen LogP contribution in [0.15, 0.2) is 36.7 Å². The van der Waals surface area contributed by atoms with Crippen LogP contribution in [0.1, 0.15) is 10.5 Å². The third-order valence-electron chi connectivity index (χ3n) is 1.96. The van der Waals surface area contributed by atoms with Gasteiger partial charge in [0.2, 0.25) is 0 Å². The van der Waals surface area contributed by atoms with Gasteiger partial charge < -0.3 is 5.32 Å². The van der Waals surface area contributed by atoms with Crippen LogP contribution in [0, 0.1) is 5.82 Å². The summed E-state index contributed by atoms with van der Waals surface area (Å²) in [5.74, 6) is -0.796. The molecule has 86 valence electrons. The van der Waals surface area contributed by atoms with Crippen LogP contribution in [0.5, 0.6) is 0 Å². The lowest BCUT2D eigenvalue weighted by atomic mass is 10.3. The number of anilines is 1. The Labute approximate surface area is 101 Å². The van der Waals surface area contributed by atoms with Crippen molar-refractivity contribution in [3.63, 3.8) is 0 Å². The second-order valence-electron chi connectivity index (χ2n) is 3.19. The van der Waals surface area contributed by atoms with Crippen molar-refractivity contribution in [2.75, 3.05) is 5.32 Å². The molecule has 4 nitrogen and oxygen atoms in total. The second-order valence-corrected chi connectivity index (χ2v) is 3.57. The molecular formula is C11H7ClFN3O. The molecule has 1 amide bonds. The first-order chi connectivity index (χ1) is 8.15. The van der Waals surface area contributed by atoms with Crippen molar-refractivity contribution in [2.24, 2.45) is 0 Å². The molecule has 2 aromatic rings. The van der Waals surface area contributed by atoms with E-state index < -0.39 is 5.91 Å². The van der Waals surface area contributed by atoms with Gasteiger partial charge in [-0.1, -0.05) is 11.6 Å². The Bertz CT molecular complexity index is 527. The number of amides is 1. The summed E-state index contributed by atoms with van der Waals surface area (Å²) in [5, 5.41) is 2.77. The number of halogens is 2. The summed E-state index contributed by atoms with van der Waals surface area (Å²) >= 11 is 5.55. The van der Waals surface area contributed by atoms with E-state index in [9.17, 15) is 9.18 Å². The van der Waals surface area contributed by atoms with Crippen molar-refractivity contribution in [3.05, 3.63) is 53.3 Å². The monoisotopic (exact) mass is 251 g/mol. The molecule has 1 N–H and O–H groups in total. The summed E-state index contributed by atoms with van der Waals surface area (Å²) in [6, 6.07) is 5.42. The number of nitrogens with one attached hydrogen (secondary N) is 1. The Balaban J connectivity index is 2.11. The molecular weight excluding hydrogens is 245 g/mol. The summed E-state index contributed by atoms with van der Waals surface area (Å²) in [6.07, 6.45) is 2.54. The van der Waals surface area contributed by atoms with Crippen LogP contribution in [-0.2, 0) is 0 Å². The van der Waals surface area contributed by atoms with Gasteiger partial charge in [-0.05, 0) is 24.3 Å². The van der Waals surface area contributed by atoms with Crippen molar-refractivity contribution >= 4 is 23.2 Å². The van der Waals surface area contributed by atoms with E-state index in [1.165, 1.54) is 36.7 Å². The quantitative estimate of drug-likeness (QED) is 0.892. The molecule has 6 heteroatoms. The molecule has 17 heavy (non-hydrogen) atoms. The average Bonchev–Trinajstić information content (AvgIpc) is 2.33. The summed E-state index contributed by atoms with van der Waals surface area (Å²) in [6.45, 7) is 0. The zero-order valence-corrected chi connectivity index (χ0v) is 9.28. The average molecular weight is 252 g/mol. The van der Waals surface area contributed by atoms with Crippen molar-refractivity contribution in [1.82, 2.24) is 9.97 Å². The molecule has 0 aliphatic carbocycles. The topological polar surface area (TPSA) is 54.9 Å². The highest BCUT2D eigenvalue weighted by Crippen LogP contribution is 2.10. The molecule has 0 spiro atoms. The highest BCUT2D eigenvalue weighted by Gasteiger charge is 2.07. The van der Waals surface area contributed by atoms with Gasteiger partial charge in [0.15, 0.2) is 0 Å². The SMILES string of the molecule is O=C(Nc1ccc(F)cc1)c1cnc(Cl)cn1. The third kappa shape index (κ3) is 2.98. The van der Waals surface area contributed by atoms with Crippen LogP contribution >= 0.6 is 11.6 Å². The summed E-state index contributed by atoms with van der Waals surface area (Å²) in [7, 11) is 0. The summed E-state index contributed by atoms with van der Waals surface area (Å²) < 4.78 is 12.6. The van der Waals surface area contributed by atoms with Gasteiger partial charge >= 0.3 is 0 Å². The minimum atomic E-state index is -0.430. The first-order valence-electron chi connectivity index (χ1n) is 4.69. The van der Waals surface area contributed by atoms with E-state index in [1.54, 1.807) is 0 Å². The fourth-order valence-electron chi connectivity index (χ4n) is 1.16. The van der Waals surface area contributed by atoms with Crippen molar-refractivity contribution in [3.8, 4) is 0 Å². The number of carbonyl (C=O) groups is 1. The molecule has 0 atom stereocenters. The van der Waals surface area contributed by atoms with Crippen LogP contribution in [0.4, 0.5) is 10.1 Å². The molecule has 0 unspecified atom stereocenters. The van der Waals surface area contributed by atoms with Gasteiger partial charge in [-0.2, -0.15) is 0 Å². The molecule has 2 rings (SSSR count). The maximum absolute atomic E-state index is 12.6. The Morgan fingerprint density at radius 3 is 2.47 bits per heavy atom. The smallest absolute Gasteiger partial charge is 0.275 e. The molecule has 0 saturated carbocycles. The molecule has 1 heterocycles. The van der Waals surface area contributed by atoms with Gasteiger partial charge in [0.05, 0.1) is 12.4 Å². The van der Waals surface area contributed by atoms with E-state index in [2.05, 4.69) is 15.3 Å². The van der Waals surface area contributed by atoms with Crippen LogP contribution in [0.3, 0.4) is 0 Å².